The fraction of sp³-hybridized carbons (Fsp3) is 0.913. The zero-order valence-electron chi connectivity index (χ0n) is 34.5. The van der Waals surface area contributed by atoms with Gasteiger partial charge in [-0.3, -0.25) is 0 Å². The molecule has 0 amide bonds. The van der Waals surface area contributed by atoms with Crippen LogP contribution in [-0.4, -0.2) is 64.2 Å². The van der Waals surface area contributed by atoms with E-state index in [1.54, 1.807) is 5.57 Å². The van der Waals surface area contributed by atoms with Crippen LogP contribution in [0.3, 0.4) is 0 Å². The molecular weight excluding hydrogens is 615 g/mol. The van der Waals surface area contributed by atoms with Crippen molar-refractivity contribution >= 4 is 0 Å². The average Bonchev–Trinajstić information content (AvgIpc) is 3.44. The lowest BCUT2D eigenvalue weighted by Gasteiger charge is -2.58. The van der Waals surface area contributed by atoms with Gasteiger partial charge in [0.2, 0.25) is 0 Å². The summed E-state index contributed by atoms with van der Waals surface area (Å²) in [7, 11) is 4.27. The van der Waals surface area contributed by atoms with Crippen LogP contribution >= 0.6 is 0 Å². The van der Waals surface area contributed by atoms with Gasteiger partial charge < -0.3 is 19.1 Å². The molecule has 3 saturated carbocycles. The Morgan fingerprint density at radius 3 is 2.24 bits per heavy atom. The first-order chi connectivity index (χ1) is 24.1. The molecule has 0 heterocycles. The number of fused-ring (bicyclic) bond motifs is 5. The Balaban J connectivity index is 1.10. The summed E-state index contributed by atoms with van der Waals surface area (Å²) in [6.45, 7) is 19.0. The minimum Gasteiger partial charge on any atom is -0.380 e. The topological polar surface area (TPSA) is 30.9 Å². The lowest BCUT2D eigenvalue weighted by Crippen LogP contribution is -2.51. The van der Waals surface area contributed by atoms with E-state index in [1.165, 1.54) is 96.3 Å². The fourth-order valence-electron chi connectivity index (χ4n) is 11.2. The number of allylic oxidation sites excluding steroid dienone is 3. The first-order valence-electron chi connectivity index (χ1n) is 21.9. The number of unbranched alkanes of at least 4 members (excludes halogenated alkanes) is 5. The number of nitrogens with zero attached hydrogens (tertiary/aromatic N) is 1. The molecule has 0 aliphatic heterocycles. The van der Waals surface area contributed by atoms with E-state index in [0.717, 1.165) is 94.2 Å². The SMILES string of the molecule is CCCCC/C=C\CCCOC[C@H](COCCCCO[C@H]1CC[C@@]2(C)C(=CC[C@H]3[C@@H]4CC[C@H]([C@H](C)CCCC(C)C)[C@@]4(C)CC[C@@H]32)C1)N(C)C. The molecule has 0 saturated heterocycles. The van der Waals surface area contributed by atoms with Crippen molar-refractivity contribution in [3.63, 3.8) is 0 Å². The third-order valence-corrected chi connectivity index (χ3v) is 14.4. The second-order valence-electron chi connectivity index (χ2n) is 18.6. The highest BCUT2D eigenvalue weighted by Crippen LogP contribution is 2.67. The maximum atomic E-state index is 6.54. The van der Waals surface area contributed by atoms with Gasteiger partial charge in [0.15, 0.2) is 0 Å². The summed E-state index contributed by atoms with van der Waals surface area (Å²) in [5, 5.41) is 0. The van der Waals surface area contributed by atoms with Crippen LogP contribution in [0.4, 0.5) is 0 Å². The van der Waals surface area contributed by atoms with Crippen molar-refractivity contribution in [2.45, 2.75) is 176 Å². The van der Waals surface area contributed by atoms with Gasteiger partial charge in [0.05, 0.1) is 25.4 Å². The maximum Gasteiger partial charge on any atom is 0.0644 e. The number of hydrogen-bond acceptors (Lipinski definition) is 4. The van der Waals surface area contributed by atoms with Gasteiger partial charge in [0.25, 0.3) is 0 Å². The molecular formula is C46H83NO3. The van der Waals surface area contributed by atoms with E-state index in [1.807, 2.05) is 0 Å². The molecule has 0 spiro atoms. The van der Waals surface area contributed by atoms with E-state index in [0.29, 0.717) is 23.0 Å². The average molecular weight is 698 g/mol. The van der Waals surface area contributed by atoms with Gasteiger partial charge in [-0.25, -0.2) is 0 Å². The van der Waals surface area contributed by atoms with Gasteiger partial charge >= 0.3 is 0 Å². The van der Waals surface area contributed by atoms with E-state index in [4.69, 9.17) is 14.2 Å². The van der Waals surface area contributed by atoms with E-state index in [-0.39, 0.29) is 0 Å². The van der Waals surface area contributed by atoms with Crippen molar-refractivity contribution in [2.24, 2.45) is 46.3 Å². The van der Waals surface area contributed by atoms with E-state index >= 15 is 0 Å². The minimum atomic E-state index is 0.312. The van der Waals surface area contributed by atoms with Crippen LogP contribution < -0.4 is 0 Å². The van der Waals surface area contributed by atoms with Crippen LogP contribution in [0, 0.1) is 46.3 Å². The molecule has 4 rings (SSSR count). The minimum absolute atomic E-state index is 0.312. The van der Waals surface area contributed by atoms with Gasteiger partial charge in [-0.1, -0.05) is 97.4 Å². The smallest absolute Gasteiger partial charge is 0.0644 e. The van der Waals surface area contributed by atoms with E-state index in [9.17, 15) is 0 Å². The Bertz CT molecular complexity index is 1010. The molecule has 50 heavy (non-hydrogen) atoms. The third-order valence-electron chi connectivity index (χ3n) is 14.4. The van der Waals surface area contributed by atoms with Crippen molar-refractivity contribution in [3.05, 3.63) is 23.8 Å². The van der Waals surface area contributed by atoms with Crippen molar-refractivity contribution in [1.82, 2.24) is 4.90 Å². The fourth-order valence-corrected chi connectivity index (χ4v) is 11.2. The Kier molecular flexibility index (Phi) is 17.9. The summed E-state index contributed by atoms with van der Waals surface area (Å²) in [6.07, 6.45) is 32.6. The van der Waals surface area contributed by atoms with Crippen molar-refractivity contribution in [2.75, 3.05) is 47.1 Å². The molecule has 0 unspecified atom stereocenters. The van der Waals surface area contributed by atoms with Crippen LogP contribution in [0.5, 0.6) is 0 Å². The van der Waals surface area contributed by atoms with Crippen LogP contribution in [0.1, 0.15) is 164 Å². The highest BCUT2D eigenvalue weighted by Gasteiger charge is 2.59. The first kappa shape index (κ1) is 42.1. The molecule has 4 aliphatic carbocycles. The zero-order valence-corrected chi connectivity index (χ0v) is 34.5. The summed E-state index contributed by atoms with van der Waals surface area (Å²) in [4.78, 5) is 2.24. The first-order valence-corrected chi connectivity index (χ1v) is 21.9. The van der Waals surface area contributed by atoms with Crippen LogP contribution in [0.25, 0.3) is 0 Å². The molecule has 4 heteroatoms. The van der Waals surface area contributed by atoms with E-state index in [2.05, 4.69) is 78.8 Å². The summed E-state index contributed by atoms with van der Waals surface area (Å²) in [6, 6.07) is 0.312. The second kappa shape index (κ2) is 21.3. The largest absolute Gasteiger partial charge is 0.380 e. The summed E-state index contributed by atoms with van der Waals surface area (Å²) in [5.41, 5.74) is 2.75. The third kappa shape index (κ3) is 11.7. The number of rotatable bonds is 24. The van der Waals surface area contributed by atoms with Crippen LogP contribution in [-0.2, 0) is 14.2 Å². The summed E-state index contributed by atoms with van der Waals surface area (Å²) < 4.78 is 18.7. The molecule has 0 aromatic carbocycles. The molecule has 0 radical (unpaired) electrons. The van der Waals surface area contributed by atoms with E-state index < -0.39 is 0 Å². The number of hydrogen-bond donors (Lipinski definition) is 0. The standard InChI is InChI=1S/C46H83NO3/c1-9-10-11-12-13-14-15-16-30-48-34-39(47(7)8)35-49-31-17-18-32-50-40-26-28-45(5)38(33-40)22-23-41-43-25-24-42(37(4)21-19-20-36(2)3)46(43,6)29-27-44(41)45/h13-14,22,36-37,39-44H,9-12,15-21,23-35H2,1-8H3/b14-13-/t37-,39-,40+,41+,42-,43+,44+,45+,46-/m1/s1. The van der Waals surface area contributed by atoms with Crippen LogP contribution in [0.15, 0.2) is 23.8 Å². The van der Waals surface area contributed by atoms with Gasteiger partial charge in [-0.15, -0.1) is 0 Å². The van der Waals surface area contributed by atoms with Crippen molar-refractivity contribution in [1.29, 1.82) is 0 Å². The molecule has 9 atom stereocenters. The summed E-state index contributed by atoms with van der Waals surface area (Å²) in [5.74, 6) is 5.45. The zero-order chi connectivity index (χ0) is 36.0. The Hall–Kier alpha value is -0.680. The molecule has 0 aromatic rings. The molecule has 4 aliphatic rings. The molecule has 3 fully saturated rings. The van der Waals surface area contributed by atoms with Gasteiger partial charge in [-0.2, -0.15) is 0 Å². The normalized spacial score (nSPS) is 32.3. The molecule has 4 nitrogen and oxygen atoms in total. The number of ether oxygens (including phenoxy) is 3. The molecule has 0 N–H and O–H groups in total. The maximum absolute atomic E-state index is 6.54. The Labute approximate surface area is 311 Å². The predicted molar refractivity (Wildman–Crippen MR) is 214 cm³/mol. The highest BCUT2D eigenvalue weighted by atomic mass is 16.5. The second-order valence-corrected chi connectivity index (χ2v) is 18.6. The van der Waals surface area contributed by atoms with Gasteiger partial charge in [-0.05, 0) is 150 Å². The quantitative estimate of drug-likeness (QED) is 0.0742. The predicted octanol–water partition coefficient (Wildman–Crippen LogP) is 12.1. The lowest BCUT2D eigenvalue weighted by atomic mass is 9.47. The van der Waals surface area contributed by atoms with Crippen molar-refractivity contribution < 1.29 is 14.2 Å². The van der Waals surface area contributed by atoms with Crippen molar-refractivity contribution in [3.8, 4) is 0 Å². The molecule has 0 bridgehead atoms. The Morgan fingerprint density at radius 1 is 0.800 bits per heavy atom. The van der Waals surface area contributed by atoms with Gasteiger partial charge in [0.1, 0.15) is 0 Å². The number of likely N-dealkylation sites (N-methyl/N-ethyl adjacent to an activating group) is 1. The summed E-state index contributed by atoms with van der Waals surface area (Å²) >= 11 is 0. The van der Waals surface area contributed by atoms with Gasteiger partial charge in [0, 0.05) is 19.8 Å². The van der Waals surface area contributed by atoms with Crippen LogP contribution in [0.2, 0.25) is 0 Å². The molecule has 290 valence electrons. The highest BCUT2D eigenvalue weighted by molar-refractivity contribution is 5.25. The monoisotopic (exact) mass is 698 g/mol. The lowest BCUT2D eigenvalue weighted by molar-refractivity contribution is -0.0643. The molecule has 0 aromatic heterocycles. The Morgan fingerprint density at radius 2 is 1.52 bits per heavy atom.